The van der Waals surface area contributed by atoms with Gasteiger partial charge in [-0.2, -0.15) is 0 Å². The fraction of sp³-hybridized carbons (Fsp3) is 0.250. The Hall–Kier alpha value is -1.41. The molecule has 0 atom stereocenters. The number of nitrogens with zero attached hydrogens (tertiary/aromatic N) is 1. The lowest BCUT2D eigenvalue weighted by atomic mass is 9.95. The van der Waals surface area contributed by atoms with Gasteiger partial charge in [-0.1, -0.05) is 24.3 Å². The Labute approximate surface area is 83.2 Å². The maximum Gasteiger partial charge on any atom is 0.0861 e. The van der Waals surface area contributed by atoms with Crippen LogP contribution in [0.2, 0.25) is 0 Å². The lowest BCUT2D eigenvalue weighted by molar-refractivity contribution is 0.0798. The number of aromatic nitrogens is 1. The number of pyridine rings is 1. The zero-order valence-corrected chi connectivity index (χ0v) is 8.36. The van der Waals surface area contributed by atoms with Crippen LogP contribution in [0.25, 0.3) is 10.8 Å². The van der Waals surface area contributed by atoms with E-state index < -0.39 is 5.60 Å². The maximum atomic E-state index is 9.95. The lowest BCUT2D eigenvalue weighted by Crippen LogP contribution is -2.16. The average Bonchev–Trinajstić information content (AvgIpc) is 2.15. The molecule has 2 rings (SSSR count). The summed E-state index contributed by atoms with van der Waals surface area (Å²) < 4.78 is 0. The van der Waals surface area contributed by atoms with Crippen LogP contribution in [-0.2, 0) is 5.60 Å². The Morgan fingerprint density at radius 1 is 1.14 bits per heavy atom. The van der Waals surface area contributed by atoms with Crippen LogP contribution in [0, 0.1) is 0 Å². The number of fused-ring (bicyclic) bond motifs is 1. The van der Waals surface area contributed by atoms with Gasteiger partial charge in [0.15, 0.2) is 0 Å². The van der Waals surface area contributed by atoms with E-state index in [1.807, 2.05) is 30.5 Å². The first-order chi connectivity index (χ1) is 6.59. The van der Waals surface area contributed by atoms with E-state index in [0.717, 1.165) is 16.3 Å². The predicted molar refractivity (Wildman–Crippen MR) is 57.0 cm³/mol. The minimum atomic E-state index is -0.839. The van der Waals surface area contributed by atoms with Crippen LogP contribution in [0.15, 0.2) is 36.7 Å². The van der Waals surface area contributed by atoms with E-state index in [-0.39, 0.29) is 0 Å². The third-order valence-electron chi connectivity index (χ3n) is 2.33. The third kappa shape index (κ3) is 1.49. The molecule has 0 radical (unpaired) electrons. The van der Waals surface area contributed by atoms with Gasteiger partial charge in [0.2, 0.25) is 0 Å². The summed E-state index contributed by atoms with van der Waals surface area (Å²) in [6.45, 7) is 3.55. The van der Waals surface area contributed by atoms with Crippen molar-refractivity contribution in [3.63, 3.8) is 0 Å². The Bertz CT molecular complexity index is 452. The Morgan fingerprint density at radius 2 is 1.86 bits per heavy atom. The van der Waals surface area contributed by atoms with Crippen molar-refractivity contribution in [1.29, 1.82) is 0 Å². The molecule has 0 unspecified atom stereocenters. The highest BCUT2D eigenvalue weighted by atomic mass is 16.3. The van der Waals surface area contributed by atoms with Gasteiger partial charge in [0.25, 0.3) is 0 Å². The van der Waals surface area contributed by atoms with E-state index in [9.17, 15) is 5.11 Å². The standard InChI is InChI=1S/C12H13NO/c1-12(2,14)11-8-13-7-9-5-3-4-6-10(9)11/h3-8,14H,1-2H3. The zero-order valence-electron chi connectivity index (χ0n) is 8.36. The molecule has 72 valence electrons. The first-order valence-electron chi connectivity index (χ1n) is 4.64. The number of benzene rings is 1. The van der Waals surface area contributed by atoms with E-state index in [1.165, 1.54) is 0 Å². The van der Waals surface area contributed by atoms with Crippen LogP contribution in [0.4, 0.5) is 0 Å². The van der Waals surface area contributed by atoms with E-state index in [0.29, 0.717) is 0 Å². The lowest BCUT2D eigenvalue weighted by Gasteiger charge is -2.19. The minimum Gasteiger partial charge on any atom is -0.386 e. The molecule has 1 aromatic heterocycles. The first-order valence-corrected chi connectivity index (χ1v) is 4.64. The highest BCUT2D eigenvalue weighted by Crippen LogP contribution is 2.26. The van der Waals surface area contributed by atoms with Crippen molar-refractivity contribution in [2.24, 2.45) is 0 Å². The molecule has 2 aromatic rings. The summed E-state index contributed by atoms with van der Waals surface area (Å²) in [5.41, 5.74) is 0.0315. The second-order valence-corrected chi connectivity index (χ2v) is 3.97. The second kappa shape index (κ2) is 3.07. The molecule has 0 spiro atoms. The molecule has 2 heteroatoms. The maximum absolute atomic E-state index is 9.95. The van der Waals surface area contributed by atoms with Crippen molar-refractivity contribution in [3.05, 3.63) is 42.2 Å². The summed E-state index contributed by atoms with van der Waals surface area (Å²) in [4.78, 5) is 4.12. The van der Waals surface area contributed by atoms with Crippen LogP contribution in [0.1, 0.15) is 19.4 Å². The van der Waals surface area contributed by atoms with Gasteiger partial charge in [0.1, 0.15) is 0 Å². The largest absolute Gasteiger partial charge is 0.386 e. The zero-order chi connectivity index (χ0) is 10.2. The van der Waals surface area contributed by atoms with Gasteiger partial charge in [0.05, 0.1) is 5.60 Å². The molecule has 2 nitrogen and oxygen atoms in total. The SMILES string of the molecule is CC(C)(O)c1cncc2ccccc12. The first kappa shape index (κ1) is 9.16. The predicted octanol–water partition coefficient (Wildman–Crippen LogP) is 2.46. The molecule has 0 saturated heterocycles. The van der Waals surface area contributed by atoms with Crippen LogP contribution in [-0.4, -0.2) is 10.1 Å². The summed E-state index contributed by atoms with van der Waals surface area (Å²) >= 11 is 0. The van der Waals surface area contributed by atoms with Gasteiger partial charge in [-0.3, -0.25) is 4.98 Å². The van der Waals surface area contributed by atoms with E-state index >= 15 is 0 Å². The molecule has 0 aliphatic rings. The average molecular weight is 187 g/mol. The minimum absolute atomic E-state index is 0.839. The van der Waals surface area contributed by atoms with Crippen molar-refractivity contribution >= 4 is 10.8 Å². The van der Waals surface area contributed by atoms with Crippen molar-refractivity contribution in [2.75, 3.05) is 0 Å². The smallest absolute Gasteiger partial charge is 0.0861 e. The third-order valence-corrected chi connectivity index (χ3v) is 2.33. The molecular formula is C12H13NO. The molecule has 14 heavy (non-hydrogen) atoms. The van der Waals surface area contributed by atoms with Gasteiger partial charge < -0.3 is 5.11 Å². The Morgan fingerprint density at radius 3 is 2.57 bits per heavy atom. The molecule has 0 bridgehead atoms. The monoisotopic (exact) mass is 187 g/mol. The van der Waals surface area contributed by atoms with Crippen LogP contribution < -0.4 is 0 Å². The van der Waals surface area contributed by atoms with E-state index in [2.05, 4.69) is 4.98 Å². The molecular weight excluding hydrogens is 174 g/mol. The fourth-order valence-electron chi connectivity index (χ4n) is 1.60. The van der Waals surface area contributed by atoms with Crippen molar-refractivity contribution < 1.29 is 5.11 Å². The van der Waals surface area contributed by atoms with Gasteiger partial charge in [-0.15, -0.1) is 0 Å². The number of hydrogen-bond donors (Lipinski definition) is 1. The molecule has 1 N–H and O–H groups in total. The van der Waals surface area contributed by atoms with Gasteiger partial charge in [0, 0.05) is 23.3 Å². The quantitative estimate of drug-likeness (QED) is 0.744. The summed E-state index contributed by atoms with van der Waals surface area (Å²) in [6.07, 6.45) is 3.53. The van der Waals surface area contributed by atoms with Gasteiger partial charge in [-0.25, -0.2) is 0 Å². The number of aliphatic hydroxyl groups is 1. The fourth-order valence-corrected chi connectivity index (χ4v) is 1.60. The highest BCUT2D eigenvalue weighted by Gasteiger charge is 2.18. The summed E-state index contributed by atoms with van der Waals surface area (Å²) in [6, 6.07) is 7.94. The number of hydrogen-bond acceptors (Lipinski definition) is 2. The van der Waals surface area contributed by atoms with E-state index in [1.54, 1.807) is 20.0 Å². The topological polar surface area (TPSA) is 33.1 Å². The molecule has 0 aliphatic carbocycles. The second-order valence-electron chi connectivity index (χ2n) is 3.97. The molecule has 1 aromatic carbocycles. The Kier molecular flexibility index (Phi) is 2.01. The molecule has 0 saturated carbocycles. The highest BCUT2D eigenvalue weighted by molar-refractivity contribution is 5.85. The molecule has 0 amide bonds. The van der Waals surface area contributed by atoms with Crippen molar-refractivity contribution in [2.45, 2.75) is 19.4 Å². The Balaban J connectivity index is 2.78. The van der Waals surface area contributed by atoms with Gasteiger partial charge >= 0.3 is 0 Å². The summed E-state index contributed by atoms with van der Waals surface area (Å²) in [5.74, 6) is 0. The normalized spacial score (nSPS) is 11.9. The van der Waals surface area contributed by atoms with Crippen LogP contribution in [0.5, 0.6) is 0 Å². The van der Waals surface area contributed by atoms with Gasteiger partial charge in [-0.05, 0) is 19.2 Å². The molecule has 0 aliphatic heterocycles. The van der Waals surface area contributed by atoms with Crippen molar-refractivity contribution in [3.8, 4) is 0 Å². The van der Waals surface area contributed by atoms with Crippen LogP contribution in [0.3, 0.4) is 0 Å². The van der Waals surface area contributed by atoms with Crippen molar-refractivity contribution in [1.82, 2.24) is 4.98 Å². The number of rotatable bonds is 1. The molecule has 0 fully saturated rings. The molecule has 1 heterocycles. The van der Waals surface area contributed by atoms with E-state index in [4.69, 9.17) is 0 Å². The van der Waals surface area contributed by atoms with Crippen LogP contribution >= 0.6 is 0 Å². The summed E-state index contributed by atoms with van der Waals surface area (Å²) in [5, 5.41) is 12.1. The summed E-state index contributed by atoms with van der Waals surface area (Å²) in [7, 11) is 0.